The van der Waals surface area contributed by atoms with Crippen LogP contribution in [0.1, 0.15) is 30.5 Å². The van der Waals surface area contributed by atoms with Crippen LogP contribution in [0.25, 0.3) is 10.6 Å². The van der Waals surface area contributed by atoms with E-state index in [1.165, 1.54) is 6.42 Å². The fraction of sp³-hybridized carbons (Fsp3) is 0.583. The molecule has 0 aliphatic heterocycles. The van der Waals surface area contributed by atoms with Crippen molar-refractivity contribution < 1.29 is 0 Å². The van der Waals surface area contributed by atoms with Crippen LogP contribution >= 0.6 is 11.3 Å². The molecule has 0 fully saturated rings. The highest BCUT2D eigenvalue weighted by atomic mass is 32.1. The first kappa shape index (κ1) is 13.2. The summed E-state index contributed by atoms with van der Waals surface area (Å²) in [7, 11) is 0. The second-order valence-corrected chi connectivity index (χ2v) is 5.33. The number of hydrogen-bond acceptors (Lipinski definition) is 5. The van der Waals surface area contributed by atoms with Gasteiger partial charge in [0.2, 0.25) is 0 Å². The van der Waals surface area contributed by atoms with Gasteiger partial charge in [-0.3, -0.25) is 5.10 Å². The number of rotatable bonds is 7. The average Bonchev–Trinajstić information content (AvgIpc) is 2.97. The molecular formula is C12H19N5S. The Bertz CT molecular complexity index is 476. The third-order valence-electron chi connectivity index (χ3n) is 2.70. The zero-order valence-corrected chi connectivity index (χ0v) is 11.7. The van der Waals surface area contributed by atoms with Gasteiger partial charge in [0.05, 0.1) is 11.8 Å². The zero-order valence-electron chi connectivity index (χ0n) is 10.9. The maximum absolute atomic E-state index is 4.23. The lowest BCUT2D eigenvalue weighted by Gasteiger charge is -1.99. The highest BCUT2D eigenvalue weighted by Crippen LogP contribution is 2.25. The van der Waals surface area contributed by atoms with Crippen molar-refractivity contribution in [2.75, 3.05) is 13.1 Å². The SMILES string of the molecule is CCCNCCCc1nnc(-c2cn[nH]c2C)s1. The van der Waals surface area contributed by atoms with Crippen LogP contribution in [-0.2, 0) is 6.42 Å². The first-order valence-corrected chi connectivity index (χ1v) is 7.16. The van der Waals surface area contributed by atoms with E-state index in [1.807, 2.05) is 13.1 Å². The fourth-order valence-electron chi connectivity index (χ4n) is 1.70. The molecule has 2 heterocycles. The van der Waals surface area contributed by atoms with Gasteiger partial charge < -0.3 is 5.32 Å². The molecule has 0 aliphatic carbocycles. The summed E-state index contributed by atoms with van der Waals surface area (Å²) in [6.45, 7) is 6.32. The van der Waals surface area contributed by atoms with Crippen LogP contribution in [0.5, 0.6) is 0 Å². The molecule has 0 amide bonds. The summed E-state index contributed by atoms with van der Waals surface area (Å²) >= 11 is 1.66. The number of hydrogen-bond donors (Lipinski definition) is 2. The molecule has 0 aliphatic rings. The second-order valence-electron chi connectivity index (χ2n) is 4.26. The molecule has 6 heteroatoms. The monoisotopic (exact) mass is 265 g/mol. The van der Waals surface area contributed by atoms with Gasteiger partial charge in [0.15, 0.2) is 5.01 Å². The topological polar surface area (TPSA) is 66.5 Å². The van der Waals surface area contributed by atoms with E-state index < -0.39 is 0 Å². The lowest BCUT2D eigenvalue weighted by molar-refractivity contribution is 0.637. The Morgan fingerprint density at radius 2 is 2.22 bits per heavy atom. The highest BCUT2D eigenvalue weighted by Gasteiger charge is 2.10. The number of aromatic nitrogens is 4. The summed E-state index contributed by atoms with van der Waals surface area (Å²) in [6, 6.07) is 0. The van der Waals surface area contributed by atoms with Crippen LogP contribution in [-0.4, -0.2) is 33.5 Å². The van der Waals surface area contributed by atoms with Crippen LogP contribution in [0.4, 0.5) is 0 Å². The molecule has 2 aromatic heterocycles. The van der Waals surface area contributed by atoms with Crippen LogP contribution in [0.3, 0.4) is 0 Å². The Kier molecular flexibility index (Phi) is 4.83. The summed E-state index contributed by atoms with van der Waals surface area (Å²) in [6.07, 6.45) is 5.09. The zero-order chi connectivity index (χ0) is 12.8. The Hall–Kier alpha value is -1.27. The molecule has 0 unspecified atom stereocenters. The normalized spacial score (nSPS) is 11.0. The minimum absolute atomic E-state index is 0.956. The summed E-state index contributed by atoms with van der Waals surface area (Å²) in [5, 5.41) is 20.8. The maximum atomic E-state index is 4.23. The molecule has 0 bridgehead atoms. The molecule has 0 spiro atoms. The number of aryl methyl sites for hydroxylation is 2. The van der Waals surface area contributed by atoms with E-state index in [0.29, 0.717) is 0 Å². The van der Waals surface area contributed by atoms with Crippen molar-refractivity contribution in [3.63, 3.8) is 0 Å². The molecular weight excluding hydrogens is 246 g/mol. The molecule has 98 valence electrons. The van der Waals surface area contributed by atoms with Crippen molar-refractivity contribution in [1.82, 2.24) is 25.7 Å². The molecule has 0 aromatic carbocycles. The molecule has 2 rings (SSSR count). The van der Waals surface area contributed by atoms with E-state index in [2.05, 4.69) is 32.6 Å². The molecule has 0 saturated carbocycles. The lowest BCUT2D eigenvalue weighted by atomic mass is 10.3. The summed E-state index contributed by atoms with van der Waals surface area (Å²) in [4.78, 5) is 0. The molecule has 5 nitrogen and oxygen atoms in total. The summed E-state index contributed by atoms with van der Waals surface area (Å²) in [5.74, 6) is 0. The van der Waals surface area contributed by atoms with Crippen molar-refractivity contribution in [3.05, 3.63) is 16.9 Å². The van der Waals surface area contributed by atoms with Gasteiger partial charge in [-0.25, -0.2) is 0 Å². The van der Waals surface area contributed by atoms with E-state index in [9.17, 15) is 0 Å². The average molecular weight is 265 g/mol. The third-order valence-corrected chi connectivity index (χ3v) is 3.71. The van der Waals surface area contributed by atoms with Crippen molar-refractivity contribution in [2.45, 2.75) is 33.1 Å². The lowest BCUT2D eigenvalue weighted by Crippen LogP contribution is -2.16. The minimum atomic E-state index is 0.956. The van der Waals surface area contributed by atoms with Gasteiger partial charge in [0.1, 0.15) is 5.01 Å². The van der Waals surface area contributed by atoms with E-state index in [4.69, 9.17) is 0 Å². The molecule has 0 atom stereocenters. The van der Waals surface area contributed by atoms with E-state index in [-0.39, 0.29) is 0 Å². The summed E-state index contributed by atoms with van der Waals surface area (Å²) in [5.41, 5.74) is 2.10. The molecule has 2 N–H and O–H groups in total. The van der Waals surface area contributed by atoms with E-state index >= 15 is 0 Å². The molecule has 0 radical (unpaired) electrons. The minimum Gasteiger partial charge on any atom is -0.317 e. The van der Waals surface area contributed by atoms with E-state index in [0.717, 1.165) is 47.2 Å². The van der Waals surface area contributed by atoms with Crippen molar-refractivity contribution in [1.29, 1.82) is 0 Å². The van der Waals surface area contributed by atoms with Crippen molar-refractivity contribution >= 4 is 11.3 Å². The number of nitrogens with zero attached hydrogens (tertiary/aromatic N) is 3. The smallest absolute Gasteiger partial charge is 0.151 e. The molecule has 0 saturated heterocycles. The maximum Gasteiger partial charge on any atom is 0.151 e. The van der Waals surface area contributed by atoms with Gasteiger partial charge in [0.25, 0.3) is 0 Å². The predicted molar refractivity (Wildman–Crippen MR) is 73.7 cm³/mol. The number of nitrogens with one attached hydrogen (secondary N) is 2. The Balaban J connectivity index is 1.85. The largest absolute Gasteiger partial charge is 0.317 e. The fourth-order valence-corrected chi connectivity index (χ4v) is 2.64. The first-order chi connectivity index (χ1) is 8.81. The quantitative estimate of drug-likeness (QED) is 0.753. The Labute approximate surface area is 111 Å². The van der Waals surface area contributed by atoms with Crippen molar-refractivity contribution in [3.8, 4) is 10.6 Å². The van der Waals surface area contributed by atoms with Gasteiger partial charge in [-0.15, -0.1) is 10.2 Å². The number of H-pyrrole nitrogens is 1. The third kappa shape index (κ3) is 3.36. The highest BCUT2D eigenvalue weighted by molar-refractivity contribution is 7.14. The molecule has 2 aromatic rings. The van der Waals surface area contributed by atoms with Crippen LogP contribution in [0.15, 0.2) is 6.20 Å². The second kappa shape index (κ2) is 6.61. The first-order valence-electron chi connectivity index (χ1n) is 6.34. The van der Waals surface area contributed by atoms with Gasteiger partial charge in [-0.1, -0.05) is 18.3 Å². The van der Waals surface area contributed by atoms with Gasteiger partial charge in [0, 0.05) is 12.1 Å². The Morgan fingerprint density at radius 1 is 1.33 bits per heavy atom. The number of aromatic amines is 1. The van der Waals surface area contributed by atoms with Crippen molar-refractivity contribution in [2.24, 2.45) is 0 Å². The van der Waals surface area contributed by atoms with Crippen LogP contribution < -0.4 is 5.32 Å². The summed E-state index contributed by atoms with van der Waals surface area (Å²) < 4.78 is 0. The predicted octanol–water partition coefficient (Wildman–Crippen LogP) is 2.17. The van der Waals surface area contributed by atoms with Gasteiger partial charge in [-0.05, 0) is 32.9 Å². The van der Waals surface area contributed by atoms with Gasteiger partial charge in [-0.2, -0.15) is 5.10 Å². The van der Waals surface area contributed by atoms with E-state index in [1.54, 1.807) is 11.3 Å². The van der Waals surface area contributed by atoms with Crippen LogP contribution in [0, 0.1) is 6.92 Å². The van der Waals surface area contributed by atoms with Gasteiger partial charge >= 0.3 is 0 Å². The van der Waals surface area contributed by atoms with Crippen LogP contribution in [0.2, 0.25) is 0 Å². The Morgan fingerprint density at radius 3 is 2.94 bits per heavy atom. The molecule has 18 heavy (non-hydrogen) atoms. The standard InChI is InChI=1S/C12H19N5S/c1-3-6-13-7-4-5-11-16-17-12(18-11)10-8-14-15-9(10)2/h8,13H,3-7H2,1-2H3,(H,14,15).